The number of nitrogens with one attached hydrogen (secondary N) is 2. The number of carboxylic acids is 1. The van der Waals surface area contributed by atoms with Crippen LogP contribution in [-0.4, -0.2) is 74.3 Å². The molecule has 0 spiro atoms. The van der Waals surface area contributed by atoms with Gasteiger partial charge in [0.15, 0.2) is 11.8 Å². The van der Waals surface area contributed by atoms with E-state index in [0.29, 0.717) is 17.5 Å². The monoisotopic (exact) mass is 525 g/mol. The van der Waals surface area contributed by atoms with Crippen molar-refractivity contribution in [2.45, 2.75) is 25.5 Å². The molecule has 1 fully saturated rings. The third kappa shape index (κ3) is 7.16. The van der Waals surface area contributed by atoms with Crippen LogP contribution in [0.15, 0.2) is 54.6 Å². The van der Waals surface area contributed by atoms with Crippen molar-refractivity contribution in [3.63, 3.8) is 0 Å². The fourth-order valence-electron chi connectivity index (χ4n) is 3.85. The number of aromatic amines is 1. The molecule has 0 aliphatic heterocycles. The van der Waals surface area contributed by atoms with Crippen molar-refractivity contribution in [1.82, 2.24) is 25.5 Å². The fourth-order valence-corrected chi connectivity index (χ4v) is 4.04. The summed E-state index contributed by atoms with van der Waals surface area (Å²) < 4.78 is 0. The van der Waals surface area contributed by atoms with Crippen LogP contribution in [-0.2, 0) is 11.3 Å². The van der Waals surface area contributed by atoms with Gasteiger partial charge in [-0.15, -0.1) is 0 Å². The number of halogens is 1. The standard InChI is InChI=1S/C26H28ClN5O5/c1-31(13-16-5-6-16)25(35)22-12-21(28-29-22)24(34)30-32(15-23(33)26(36)37)14-17-7-9-18(10-8-17)19-3-2-4-20(27)11-19/h2-4,7-12,16,23,33H,5-6,13-15H2,1H3,(H,28,29)(H,30,34)(H,36,37)/t23-/m1/s1. The number of carbonyl (C=O) groups is 3. The first-order valence-electron chi connectivity index (χ1n) is 11.8. The third-order valence-corrected chi connectivity index (χ3v) is 6.28. The number of benzene rings is 2. The molecular formula is C26H28ClN5O5. The lowest BCUT2D eigenvalue weighted by Crippen LogP contribution is -2.47. The van der Waals surface area contributed by atoms with Gasteiger partial charge in [-0.3, -0.25) is 20.1 Å². The molecule has 0 saturated heterocycles. The van der Waals surface area contributed by atoms with E-state index in [2.05, 4.69) is 15.6 Å². The van der Waals surface area contributed by atoms with Crippen LogP contribution in [0.1, 0.15) is 39.4 Å². The second-order valence-electron chi connectivity index (χ2n) is 9.18. The molecule has 0 bridgehead atoms. The fraction of sp³-hybridized carbons (Fsp3) is 0.308. The van der Waals surface area contributed by atoms with Gasteiger partial charge in [-0.05, 0) is 47.6 Å². The first-order valence-corrected chi connectivity index (χ1v) is 12.2. The second-order valence-corrected chi connectivity index (χ2v) is 9.62. The number of carbonyl (C=O) groups excluding carboxylic acids is 2. The Bertz CT molecular complexity index is 1270. The third-order valence-electron chi connectivity index (χ3n) is 6.04. The Morgan fingerprint density at radius 1 is 1.14 bits per heavy atom. The van der Waals surface area contributed by atoms with Gasteiger partial charge in [-0.2, -0.15) is 5.10 Å². The van der Waals surface area contributed by atoms with E-state index in [4.69, 9.17) is 16.7 Å². The number of carboxylic acid groups (broad SMARTS) is 1. The topological polar surface area (TPSA) is 139 Å². The minimum absolute atomic E-state index is 0.0364. The highest BCUT2D eigenvalue weighted by molar-refractivity contribution is 6.30. The van der Waals surface area contributed by atoms with Crippen LogP contribution in [0.2, 0.25) is 5.02 Å². The summed E-state index contributed by atoms with van der Waals surface area (Å²) in [4.78, 5) is 38.3. The highest BCUT2D eigenvalue weighted by Crippen LogP contribution is 2.29. The van der Waals surface area contributed by atoms with Crippen molar-refractivity contribution in [2.75, 3.05) is 20.1 Å². The summed E-state index contributed by atoms with van der Waals surface area (Å²) in [6.07, 6.45) is 0.487. The molecule has 0 unspecified atom stereocenters. The molecule has 2 aromatic carbocycles. The Hall–Kier alpha value is -3.73. The van der Waals surface area contributed by atoms with Crippen LogP contribution in [0.3, 0.4) is 0 Å². The van der Waals surface area contributed by atoms with Crippen molar-refractivity contribution in [1.29, 1.82) is 0 Å². The molecule has 3 aromatic rings. The van der Waals surface area contributed by atoms with E-state index < -0.39 is 18.0 Å². The van der Waals surface area contributed by atoms with Crippen molar-refractivity contribution in [3.05, 3.63) is 76.6 Å². The number of hydrogen-bond donors (Lipinski definition) is 4. The number of H-pyrrole nitrogens is 1. The highest BCUT2D eigenvalue weighted by atomic mass is 35.5. The molecule has 1 aliphatic rings. The molecule has 1 aromatic heterocycles. The van der Waals surface area contributed by atoms with E-state index in [-0.39, 0.29) is 30.4 Å². The highest BCUT2D eigenvalue weighted by Gasteiger charge is 2.27. The molecule has 11 heteroatoms. The summed E-state index contributed by atoms with van der Waals surface area (Å²) in [6, 6.07) is 16.2. The second kappa shape index (κ2) is 11.5. The number of aliphatic hydroxyl groups is 1. The van der Waals surface area contributed by atoms with Crippen LogP contribution in [0.5, 0.6) is 0 Å². The molecule has 37 heavy (non-hydrogen) atoms. The van der Waals surface area contributed by atoms with Crippen LogP contribution in [0.25, 0.3) is 11.1 Å². The number of amides is 2. The normalized spacial score (nSPS) is 13.8. The predicted molar refractivity (Wildman–Crippen MR) is 137 cm³/mol. The summed E-state index contributed by atoms with van der Waals surface area (Å²) in [5.41, 5.74) is 5.40. The van der Waals surface area contributed by atoms with Gasteiger partial charge in [-0.25, -0.2) is 9.80 Å². The maximum absolute atomic E-state index is 12.9. The van der Waals surface area contributed by atoms with Gasteiger partial charge in [0, 0.05) is 31.2 Å². The molecule has 0 radical (unpaired) electrons. The largest absolute Gasteiger partial charge is 0.479 e. The molecule has 1 atom stereocenters. The smallest absolute Gasteiger partial charge is 0.333 e. The summed E-state index contributed by atoms with van der Waals surface area (Å²) >= 11 is 6.08. The van der Waals surface area contributed by atoms with E-state index in [1.807, 2.05) is 42.5 Å². The zero-order valence-corrected chi connectivity index (χ0v) is 21.0. The van der Waals surface area contributed by atoms with Gasteiger partial charge in [-0.1, -0.05) is 48.0 Å². The SMILES string of the molecule is CN(CC1CC1)C(=O)c1cc(C(=O)NN(Cc2ccc(-c3cccc(Cl)c3)cc2)C[C@@H](O)C(=O)O)[nH]n1. The molecule has 2 amide bonds. The van der Waals surface area contributed by atoms with Gasteiger partial charge in [0.2, 0.25) is 0 Å². The lowest BCUT2D eigenvalue weighted by Gasteiger charge is -2.24. The van der Waals surface area contributed by atoms with E-state index in [1.54, 1.807) is 18.0 Å². The first-order chi connectivity index (χ1) is 17.7. The quantitative estimate of drug-likeness (QED) is 0.282. The Morgan fingerprint density at radius 3 is 2.51 bits per heavy atom. The number of aromatic nitrogens is 2. The molecular weight excluding hydrogens is 498 g/mol. The Labute approximate surface area is 218 Å². The zero-order chi connectivity index (χ0) is 26.5. The molecule has 1 saturated carbocycles. The summed E-state index contributed by atoms with van der Waals surface area (Å²) in [7, 11) is 1.70. The van der Waals surface area contributed by atoms with Gasteiger partial charge in [0.1, 0.15) is 5.69 Å². The summed E-state index contributed by atoms with van der Waals surface area (Å²) in [5, 5.41) is 27.5. The Morgan fingerprint density at radius 2 is 1.86 bits per heavy atom. The average molecular weight is 526 g/mol. The van der Waals surface area contributed by atoms with E-state index in [0.717, 1.165) is 29.5 Å². The van der Waals surface area contributed by atoms with Crippen LogP contribution < -0.4 is 5.43 Å². The van der Waals surface area contributed by atoms with E-state index in [1.165, 1.54) is 11.1 Å². The van der Waals surface area contributed by atoms with Crippen molar-refractivity contribution in [2.24, 2.45) is 5.92 Å². The van der Waals surface area contributed by atoms with Crippen LogP contribution >= 0.6 is 11.6 Å². The maximum atomic E-state index is 12.9. The number of hydrogen-bond acceptors (Lipinski definition) is 6. The number of rotatable bonds is 11. The number of aliphatic carboxylic acids is 1. The van der Waals surface area contributed by atoms with Gasteiger partial charge >= 0.3 is 5.97 Å². The van der Waals surface area contributed by atoms with Crippen molar-refractivity contribution in [3.8, 4) is 11.1 Å². The van der Waals surface area contributed by atoms with Crippen LogP contribution in [0.4, 0.5) is 0 Å². The number of hydrazine groups is 1. The van der Waals surface area contributed by atoms with Crippen molar-refractivity contribution < 1.29 is 24.6 Å². The zero-order valence-electron chi connectivity index (χ0n) is 20.2. The van der Waals surface area contributed by atoms with E-state index in [9.17, 15) is 19.5 Å². The lowest BCUT2D eigenvalue weighted by molar-refractivity contribution is -0.148. The summed E-state index contributed by atoms with van der Waals surface area (Å²) in [6.45, 7) is 0.404. The van der Waals surface area contributed by atoms with E-state index >= 15 is 0 Å². The summed E-state index contributed by atoms with van der Waals surface area (Å²) in [5.74, 6) is -1.81. The first kappa shape index (κ1) is 26.3. The molecule has 4 rings (SSSR count). The number of nitrogens with zero attached hydrogens (tertiary/aromatic N) is 3. The van der Waals surface area contributed by atoms with Gasteiger partial charge < -0.3 is 15.1 Å². The molecule has 1 aliphatic carbocycles. The maximum Gasteiger partial charge on any atom is 0.333 e. The van der Waals surface area contributed by atoms with Gasteiger partial charge in [0.25, 0.3) is 11.8 Å². The molecule has 10 nitrogen and oxygen atoms in total. The Balaban J connectivity index is 1.44. The van der Waals surface area contributed by atoms with Gasteiger partial charge in [0.05, 0.1) is 6.54 Å². The Kier molecular flexibility index (Phi) is 8.22. The minimum atomic E-state index is -1.72. The molecule has 194 valence electrons. The molecule has 4 N–H and O–H groups in total. The van der Waals surface area contributed by atoms with Crippen molar-refractivity contribution >= 4 is 29.4 Å². The predicted octanol–water partition coefficient (Wildman–Crippen LogP) is 2.80. The lowest BCUT2D eigenvalue weighted by atomic mass is 10.0. The average Bonchev–Trinajstić information content (AvgIpc) is 3.54. The van der Waals surface area contributed by atoms with Crippen LogP contribution in [0, 0.1) is 5.92 Å². The number of aliphatic hydroxyl groups excluding tert-OH is 1. The molecule has 1 heterocycles. The minimum Gasteiger partial charge on any atom is -0.479 e.